The second-order valence-corrected chi connectivity index (χ2v) is 9.15. The molecule has 2 aromatic carbocycles. The van der Waals surface area contributed by atoms with Crippen LogP contribution in [-0.4, -0.2) is 41.2 Å². The van der Waals surface area contributed by atoms with Gasteiger partial charge in [-0.15, -0.1) is 0 Å². The van der Waals surface area contributed by atoms with Crippen LogP contribution in [0.3, 0.4) is 0 Å². The molecule has 2 aromatic rings. The summed E-state index contributed by atoms with van der Waals surface area (Å²) in [6.45, 7) is 4.53. The number of hydrogen-bond acceptors (Lipinski definition) is 2. The average Bonchev–Trinajstić information content (AvgIpc) is 3.19. The van der Waals surface area contributed by atoms with Crippen molar-refractivity contribution in [3.05, 3.63) is 70.8 Å². The van der Waals surface area contributed by atoms with Crippen LogP contribution in [0.25, 0.3) is 0 Å². The van der Waals surface area contributed by atoms with Gasteiger partial charge < -0.3 is 9.80 Å². The van der Waals surface area contributed by atoms with Crippen LogP contribution in [-0.2, 0) is 19.1 Å². The summed E-state index contributed by atoms with van der Waals surface area (Å²) in [5, 5.41) is 0. The minimum atomic E-state index is -4.39. The van der Waals surface area contributed by atoms with E-state index in [0.717, 1.165) is 44.7 Å². The molecule has 2 aliphatic rings. The van der Waals surface area contributed by atoms with Gasteiger partial charge in [0.2, 0.25) is 0 Å². The first kappa shape index (κ1) is 24.3. The third-order valence-corrected chi connectivity index (χ3v) is 6.87. The topological polar surface area (TPSA) is 35.9 Å². The van der Waals surface area contributed by atoms with E-state index in [4.69, 9.17) is 4.99 Å². The molecule has 1 atom stereocenters. The summed E-state index contributed by atoms with van der Waals surface area (Å²) in [6.07, 6.45) is 1.10. The van der Waals surface area contributed by atoms with Crippen molar-refractivity contribution in [3.8, 4) is 0 Å². The van der Waals surface area contributed by atoms with Crippen LogP contribution in [0.15, 0.2) is 53.5 Å². The minimum Gasteiger partial charge on any atom is -0.323 e. The number of rotatable bonds is 9. The zero-order valence-corrected chi connectivity index (χ0v) is 19.7. The maximum atomic E-state index is 13.1. The SMILES string of the molecule is CC[C@@H](c1cccc(C(F)(F)F)c1)N1CCN(CCCCCC2=NCc3ccccc3C2)C1=O. The number of alkyl halides is 3. The summed E-state index contributed by atoms with van der Waals surface area (Å²) < 4.78 is 39.4. The highest BCUT2D eigenvalue weighted by molar-refractivity contribution is 5.87. The zero-order valence-electron chi connectivity index (χ0n) is 19.7. The largest absolute Gasteiger partial charge is 0.416 e. The second kappa shape index (κ2) is 10.6. The Labute approximate surface area is 199 Å². The summed E-state index contributed by atoms with van der Waals surface area (Å²) in [6, 6.07) is 13.4. The Morgan fingerprint density at radius 1 is 1.00 bits per heavy atom. The smallest absolute Gasteiger partial charge is 0.323 e. The van der Waals surface area contributed by atoms with Gasteiger partial charge in [0.1, 0.15) is 0 Å². The third kappa shape index (κ3) is 5.62. The Hall–Kier alpha value is -2.83. The van der Waals surface area contributed by atoms with Crippen molar-refractivity contribution in [1.82, 2.24) is 9.80 Å². The molecule has 7 heteroatoms. The monoisotopic (exact) mass is 471 g/mol. The quantitative estimate of drug-likeness (QED) is 0.377. The Kier molecular flexibility index (Phi) is 7.59. The van der Waals surface area contributed by atoms with Gasteiger partial charge in [-0.25, -0.2) is 4.79 Å². The van der Waals surface area contributed by atoms with Crippen LogP contribution in [0.5, 0.6) is 0 Å². The number of amides is 2. The second-order valence-electron chi connectivity index (χ2n) is 9.15. The summed E-state index contributed by atoms with van der Waals surface area (Å²) in [5.74, 6) is 0. The Balaban J connectivity index is 1.24. The van der Waals surface area contributed by atoms with Gasteiger partial charge in [-0.2, -0.15) is 13.2 Å². The number of aliphatic imine (C=N–C) groups is 1. The number of unbranched alkanes of at least 4 members (excludes halogenated alkanes) is 2. The molecule has 4 nitrogen and oxygen atoms in total. The van der Waals surface area contributed by atoms with E-state index in [1.54, 1.807) is 11.0 Å². The van der Waals surface area contributed by atoms with Gasteiger partial charge in [-0.1, -0.05) is 49.7 Å². The molecular weight excluding hydrogens is 439 g/mol. The number of halogens is 3. The lowest BCUT2D eigenvalue weighted by atomic mass is 9.96. The van der Waals surface area contributed by atoms with Gasteiger partial charge in [0.05, 0.1) is 18.2 Å². The molecule has 2 heterocycles. The molecule has 2 aliphatic heterocycles. The predicted octanol–water partition coefficient (Wildman–Crippen LogP) is 6.65. The summed E-state index contributed by atoms with van der Waals surface area (Å²) >= 11 is 0. The molecule has 182 valence electrons. The lowest BCUT2D eigenvalue weighted by Gasteiger charge is -2.28. The fourth-order valence-electron chi connectivity index (χ4n) is 4.99. The van der Waals surface area contributed by atoms with Crippen LogP contribution in [0.4, 0.5) is 18.0 Å². The van der Waals surface area contributed by atoms with Crippen molar-refractivity contribution < 1.29 is 18.0 Å². The Bertz CT molecular complexity index is 1030. The predicted molar refractivity (Wildman–Crippen MR) is 128 cm³/mol. The summed E-state index contributed by atoms with van der Waals surface area (Å²) in [4.78, 5) is 21.3. The molecule has 1 fully saturated rings. The summed E-state index contributed by atoms with van der Waals surface area (Å²) in [7, 11) is 0. The van der Waals surface area contributed by atoms with Crippen molar-refractivity contribution >= 4 is 11.7 Å². The molecule has 0 aliphatic carbocycles. The summed E-state index contributed by atoms with van der Waals surface area (Å²) in [5.41, 5.74) is 3.83. The van der Waals surface area contributed by atoms with E-state index in [1.165, 1.54) is 29.0 Å². The lowest BCUT2D eigenvalue weighted by molar-refractivity contribution is -0.137. The molecule has 4 rings (SSSR count). The Morgan fingerprint density at radius 2 is 1.79 bits per heavy atom. The highest BCUT2D eigenvalue weighted by Crippen LogP contribution is 2.34. The number of carbonyl (C=O) groups excluding carboxylic acids is 1. The first-order valence-corrected chi connectivity index (χ1v) is 12.2. The Morgan fingerprint density at radius 3 is 2.56 bits per heavy atom. The van der Waals surface area contributed by atoms with E-state index in [-0.39, 0.29) is 12.1 Å². The molecule has 34 heavy (non-hydrogen) atoms. The number of hydrogen-bond donors (Lipinski definition) is 0. The van der Waals surface area contributed by atoms with Crippen LogP contribution >= 0.6 is 0 Å². The third-order valence-electron chi connectivity index (χ3n) is 6.87. The van der Waals surface area contributed by atoms with Gasteiger partial charge in [-0.05, 0) is 54.5 Å². The standard InChI is InChI=1S/C27H32F3N3O/c1-2-25(21-11-8-12-23(17-21)27(28,29)30)33-16-15-32(26(33)34)14-7-3-4-13-24-18-20-9-5-6-10-22(20)19-31-24/h5-6,8-12,17,25H,2-4,7,13-16,18-19H2,1H3/t25-/m0/s1. The van der Waals surface area contributed by atoms with Crippen molar-refractivity contribution in [2.24, 2.45) is 4.99 Å². The van der Waals surface area contributed by atoms with Crippen LogP contribution in [0, 0.1) is 0 Å². The molecular formula is C27H32F3N3O. The maximum absolute atomic E-state index is 13.1. The number of carbonyl (C=O) groups is 1. The van der Waals surface area contributed by atoms with Crippen molar-refractivity contribution in [2.75, 3.05) is 19.6 Å². The fraction of sp³-hybridized carbons (Fsp3) is 0.481. The molecule has 2 amide bonds. The van der Waals surface area contributed by atoms with Gasteiger partial charge in [0.15, 0.2) is 0 Å². The van der Waals surface area contributed by atoms with Gasteiger partial charge >= 0.3 is 12.2 Å². The molecule has 0 bridgehead atoms. The van der Waals surface area contributed by atoms with Crippen LogP contribution < -0.4 is 0 Å². The average molecular weight is 472 g/mol. The molecule has 1 saturated heterocycles. The van der Waals surface area contributed by atoms with Gasteiger partial charge in [0, 0.05) is 31.8 Å². The van der Waals surface area contributed by atoms with Crippen molar-refractivity contribution in [2.45, 2.75) is 64.2 Å². The van der Waals surface area contributed by atoms with Gasteiger partial charge in [0.25, 0.3) is 0 Å². The van der Waals surface area contributed by atoms with E-state index in [2.05, 4.69) is 24.3 Å². The molecule has 0 saturated carbocycles. The van der Waals surface area contributed by atoms with E-state index in [1.807, 2.05) is 11.8 Å². The molecule has 0 unspecified atom stereocenters. The first-order chi connectivity index (χ1) is 16.4. The van der Waals surface area contributed by atoms with E-state index < -0.39 is 11.7 Å². The maximum Gasteiger partial charge on any atom is 0.416 e. The van der Waals surface area contributed by atoms with E-state index in [0.29, 0.717) is 31.6 Å². The van der Waals surface area contributed by atoms with Gasteiger partial charge in [-0.3, -0.25) is 4.99 Å². The lowest BCUT2D eigenvalue weighted by Crippen LogP contribution is -2.35. The highest BCUT2D eigenvalue weighted by Gasteiger charge is 2.35. The fourth-order valence-corrected chi connectivity index (χ4v) is 4.99. The number of urea groups is 1. The zero-order chi connectivity index (χ0) is 24.1. The number of nitrogens with zero attached hydrogens (tertiary/aromatic N) is 3. The van der Waals surface area contributed by atoms with Crippen LogP contribution in [0.1, 0.15) is 67.3 Å². The van der Waals surface area contributed by atoms with E-state index >= 15 is 0 Å². The van der Waals surface area contributed by atoms with Crippen molar-refractivity contribution in [1.29, 1.82) is 0 Å². The van der Waals surface area contributed by atoms with Crippen LogP contribution in [0.2, 0.25) is 0 Å². The molecule has 0 radical (unpaired) electrons. The number of fused-ring (bicyclic) bond motifs is 1. The molecule has 0 spiro atoms. The highest BCUT2D eigenvalue weighted by atomic mass is 19.4. The van der Waals surface area contributed by atoms with Crippen molar-refractivity contribution in [3.63, 3.8) is 0 Å². The number of benzene rings is 2. The van der Waals surface area contributed by atoms with E-state index in [9.17, 15) is 18.0 Å². The molecule has 0 N–H and O–H groups in total. The first-order valence-electron chi connectivity index (χ1n) is 12.2. The molecule has 0 aromatic heterocycles. The normalized spacial score (nSPS) is 17.1. The minimum absolute atomic E-state index is 0.0717.